The zero-order valence-electron chi connectivity index (χ0n) is 21.4. The van der Waals surface area contributed by atoms with Gasteiger partial charge in [0.05, 0.1) is 10.8 Å². The van der Waals surface area contributed by atoms with Gasteiger partial charge >= 0.3 is 17.4 Å². The predicted octanol–water partition coefficient (Wildman–Crippen LogP) is 5.21. The molecule has 4 saturated carbocycles. The van der Waals surface area contributed by atoms with E-state index in [4.69, 9.17) is 9.47 Å². The van der Waals surface area contributed by atoms with Crippen LogP contribution in [-0.4, -0.2) is 36.7 Å². The molecule has 206 valence electrons. The maximum atomic E-state index is 13.3. The van der Waals surface area contributed by atoms with E-state index in [1.807, 2.05) is 6.92 Å². The normalized spacial score (nSPS) is 38.1. The summed E-state index contributed by atoms with van der Waals surface area (Å²) in [5, 5.41) is 12.1. The summed E-state index contributed by atoms with van der Waals surface area (Å²) in [7, 11) is 0. The van der Waals surface area contributed by atoms with Crippen molar-refractivity contribution in [1.29, 1.82) is 0 Å². The van der Waals surface area contributed by atoms with Crippen LogP contribution < -0.4 is 4.47 Å². The van der Waals surface area contributed by atoms with Crippen LogP contribution >= 0.6 is 11.9 Å². The first-order valence-electron chi connectivity index (χ1n) is 13.5. The smallest absolute Gasteiger partial charge is 0.496 e. The maximum Gasteiger partial charge on any atom is 0.496 e. The van der Waals surface area contributed by atoms with Gasteiger partial charge in [-0.3, -0.25) is 14.1 Å². The van der Waals surface area contributed by atoms with Gasteiger partial charge < -0.3 is 14.7 Å². The highest BCUT2D eigenvalue weighted by Crippen LogP contribution is 2.52. The average Bonchev–Trinajstić information content (AvgIpc) is 2.75. The first kappa shape index (κ1) is 28.0. The van der Waals surface area contributed by atoms with Gasteiger partial charge in [-0.25, -0.2) is 0 Å². The third kappa shape index (κ3) is 6.90. The number of hydrogen-bond donors (Lipinski definition) is 1. The number of carbonyl (C=O) groups excluding carboxylic acids is 2. The van der Waals surface area contributed by atoms with E-state index < -0.39 is 58.0 Å². The van der Waals surface area contributed by atoms with Gasteiger partial charge in [0.15, 0.2) is 18.1 Å². The van der Waals surface area contributed by atoms with Gasteiger partial charge in [0.2, 0.25) is 0 Å². The Morgan fingerprint density at radius 1 is 1.03 bits per heavy atom. The van der Waals surface area contributed by atoms with Crippen molar-refractivity contribution in [3.8, 4) is 0 Å². The van der Waals surface area contributed by atoms with Crippen molar-refractivity contribution in [3.05, 3.63) is 5.21 Å². The van der Waals surface area contributed by atoms with E-state index in [9.17, 15) is 28.0 Å². The highest BCUT2D eigenvalue weighted by Gasteiger charge is 2.49. The van der Waals surface area contributed by atoms with Gasteiger partial charge in [0, 0.05) is 0 Å². The molecule has 4 aliphatic rings. The van der Waals surface area contributed by atoms with Crippen LogP contribution in [0.1, 0.15) is 90.9 Å². The van der Waals surface area contributed by atoms with Gasteiger partial charge in [0.1, 0.15) is 13.2 Å². The van der Waals surface area contributed by atoms with E-state index in [0.29, 0.717) is 36.5 Å². The van der Waals surface area contributed by atoms with E-state index in [2.05, 4.69) is 6.92 Å². The second-order valence-corrected chi connectivity index (χ2v) is 13.5. The molecule has 1 N–H and O–H groups in total. The first-order chi connectivity index (χ1) is 16.9. The number of hydrogen-bond acceptors (Lipinski definition) is 6. The SMILES string of the molecule is CC1CC2CCCC(C(=O)OCC(C[NH+]([O-])SC(F)(F)F)OC(=O)C3(C)CC4CCCC(C4)C3)(C1)C2. The highest BCUT2D eigenvalue weighted by molar-refractivity contribution is 7.93. The zero-order chi connectivity index (χ0) is 26.1. The van der Waals surface area contributed by atoms with E-state index in [0.717, 1.165) is 64.2 Å². The topological polar surface area (TPSA) is 80.1 Å². The fourth-order valence-corrected chi connectivity index (χ4v) is 8.39. The lowest BCUT2D eigenvalue weighted by molar-refractivity contribution is -0.703. The van der Waals surface area contributed by atoms with Crippen molar-refractivity contribution < 1.29 is 36.7 Å². The Morgan fingerprint density at radius 3 is 2.33 bits per heavy atom. The Kier molecular flexibility index (Phi) is 8.57. The second-order valence-electron chi connectivity index (χ2n) is 12.4. The summed E-state index contributed by atoms with van der Waals surface area (Å²) in [5.74, 6) is 0.918. The Bertz CT molecular complexity index is 795. The third-order valence-corrected chi connectivity index (χ3v) is 9.64. The lowest BCUT2D eigenvalue weighted by atomic mass is 9.59. The Balaban J connectivity index is 1.42. The summed E-state index contributed by atoms with van der Waals surface area (Å²) in [6.07, 6.45) is 9.93. The van der Waals surface area contributed by atoms with Crippen molar-refractivity contribution in [2.24, 2.45) is 34.5 Å². The molecule has 10 heteroatoms. The van der Waals surface area contributed by atoms with Crippen LogP contribution in [0.3, 0.4) is 0 Å². The zero-order valence-corrected chi connectivity index (χ0v) is 22.2. The number of fused-ring (bicyclic) bond motifs is 4. The summed E-state index contributed by atoms with van der Waals surface area (Å²) in [6, 6.07) is 0. The minimum Gasteiger partial charge on any atom is -0.621 e. The maximum absolute atomic E-state index is 13.3. The molecule has 4 fully saturated rings. The predicted molar refractivity (Wildman–Crippen MR) is 129 cm³/mol. The van der Waals surface area contributed by atoms with Crippen LogP contribution in [0.2, 0.25) is 0 Å². The van der Waals surface area contributed by atoms with Crippen LogP contribution in [0.5, 0.6) is 0 Å². The molecule has 0 heterocycles. The lowest BCUT2D eigenvalue weighted by Crippen LogP contribution is -3.02. The molecule has 0 radical (unpaired) electrons. The molecule has 36 heavy (non-hydrogen) atoms. The number of carbonyl (C=O) groups is 2. The molecule has 4 aliphatic carbocycles. The Labute approximate surface area is 216 Å². The Hall–Kier alpha value is -1.00. The standard InChI is InChI=1S/C26H40F3NO5S/c1-17-9-18-7-4-8-25(11-17,14-18)23(32)34-16-21(15-30(33)36-26(27,28)29)35-22(31)24(2)12-19-5-3-6-20(10-19)13-24/h17-21,30H,3-16H2,1-2H3. The first-order valence-corrected chi connectivity index (χ1v) is 14.3. The minimum absolute atomic E-state index is 0.367. The van der Waals surface area contributed by atoms with Crippen LogP contribution in [0.25, 0.3) is 0 Å². The highest BCUT2D eigenvalue weighted by atomic mass is 32.2. The molecular formula is C26H40F3NO5S. The summed E-state index contributed by atoms with van der Waals surface area (Å²) in [5.41, 5.74) is -6.03. The Morgan fingerprint density at radius 2 is 1.67 bits per heavy atom. The largest absolute Gasteiger partial charge is 0.621 e. The number of rotatable bonds is 8. The van der Waals surface area contributed by atoms with Crippen LogP contribution in [0.15, 0.2) is 0 Å². The summed E-state index contributed by atoms with van der Waals surface area (Å²) < 4.78 is 48.5. The van der Waals surface area contributed by atoms with E-state index in [-0.39, 0.29) is 5.97 Å². The summed E-state index contributed by atoms with van der Waals surface area (Å²) in [4.78, 5) is 26.5. The van der Waals surface area contributed by atoms with E-state index in [1.165, 1.54) is 0 Å². The molecule has 7 unspecified atom stereocenters. The molecule has 4 rings (SSSR count). The number of halogens is 3. The van der Waals surface area contributed by atoms with E-state index in [1.54, 1.807) is 0 Å². The molecule has 0 aromatic heterocycles. The molecular weight excluding hydrogens is 495 g/mol. The van der Waals surface area contributed by atoms with Gasteiger partial charge in [0.25, 0.3) is 0 Å². The number of ether oxygens (including phenoxy) is 2. The molecule has 0 saturated heterocycles. The van der Waals surface area contributed by atoms with Gasteiger partial charge in [-0.15, -0.1) is 0 Å². The van der Waals surface area contributed by atoms with Crippen molar-refractivity contribution in [2.45, 2.75) is 103 Å². The summed E-state index contributed by atoms with van der Waals surface area (Å²) in [6.45, 7) is 2.97. The van der Waals surface area contributed by atoms with Gasteiger partial charge in [-0.2, -0.15) is 13.2 Å². The van der Waals surface area contributed by atoms with Crippen molar-refractivity contribution in [3.63, 3.8) is 0 Å². The lowest BCUT2D eigenvalue weighted by Gasteiger charge is -2.46. The number of hydroxylamine groups is 1. The molecule has 0 spiro atoms. The summed E-state index contributed by atoms with van der Waals surface area (Å²) >= 11 is -0.735. The van der Waals surface area contributed by atoms with Gasteiger partial charge in [-0.1, -0.05) is 39.0 Å². The number of nitrogens with one attached hydrogen (secondary N) is 1. The minimum atomic E-state index is -4.72. The van der Waals surface area contributed by atoms with Crippen LogP contribution in [0.4, 0.5) is 13.2 Å². The van der Waals surface area contributed by atoms with Gasteiger partial charge in [-0.05, 0) is 75.5 Å². The number of quaternary nitrogens is 1. The number of alkyl halides is 3. The average molecular weight is 536 g/mol. The monoisotopic (exact) mass is 535 g/mol. The molecule has 4 bridgehead atoms. The molecule has 0 amide bonds. The van der Waals surface area contributed by atoms with Crippen LogP contribution in [-0.2, 0) is 19.1 Å². The van der Waals surface area contributed by atoms with Crippen molar-refractivity contribution in [1.82, 2.24) is 0 Å². The fraction of sp³-hybridized carbons (Fsp3) is 0.923. The molecule has 6 nitrogen and oxygen atoms in total. The quantitative estimate of drug-likeness (QED) is 0.261. The van der Waals surface area contributed by atoms with Crippen LogP contribution in [0, 0.1) is 39.7 Å². The molecule has 0 aliphatic heterocycles. The fourth-order valence-electron chi connectivity index (χ4n) is 7.86. The third-order valence-electron chi connectivity index (χ3n) is 9.02. The molecule has 7 atom stereocenters. The van der Waals surface area contributed by atoms with E-state index >= 15 is 0 Å². The second kappa shape index (κ2) is 11.0. The van der Waals surface area contributed by atoms with Crippen molar-refractivity contribution in [2.75, 3.05) is 13.2 Å². The molecule has 0 aromatic rings. The molecule has 0 aromatic carbocycles. The number of esters is 2. The van der Waals surface area contributed by atoms with Crippen molar-refractivity contribution >= 4 is 23.9 Å².